The minimum atomic E-state index is -3.89. The van der Waals surface area contributed by atoms with E-state index in [2.05, 4.69) is 0 Å². The summed E-state index contributed by atoms with van der Waals surface area (Å²) in [7, 11) is -3.89. The lowest BCUT2D eigenvalue weighted by Gasteiger charge is -2.46. The molecule has 1 aliphatic rings. The first kappa shape index (κ1) is 37.8. The Hall–Kier alpha value is -3.95. The van der Waals surface area contributed by atoms with E-state index in [9.17, 15) is 9.46 Å². The highest BCUT2D eigenvalue weighted by atomic mass is 31.2. The third-order valence-electron chi connectivity index (χ3n) is 8.91. The molecule has 1 fully saturated rings. The Bertz CT molecular complexity index is 1760. The van der Waals surface area contributed by atoms with Crippen LogP contribution in [0.25, 0.3) is 0 Å². The molecule has 1 aliphatic heterocycles. The van der Waals surface area contributed by atoms with E-state index in [0.717, 1.165) is 27.8 Å². The van der Waals surface area contributed by atoms with Gasteiger partial charge in [0.2, 0.25) is 0 Å². The summed E-state index contributed by atoms with van der Waals surface area (Å²) in [5, 5.41) is 0. The lowest BCUT2D eigenvalue weighted by atomic mass is 9.95. The molecule has 1 N–H and O–H groups in total. The first-order chi connectivity index (χ1) is 25.5. The van der Waals surface area contributed by atoms with E-state index in [0.29, 0.717) is 39.3 Å². The smallest absolute Gasteiger partial charge is 0.328 e. The van der Waals surface area contributed by atoms with Crippen LogP contribution in [0.15, 0.2) is 152 Å². The second-order valence-electron chi connectivity index (χ2n) is 12.9. The monoisotopic (exact) mass is 722 g/mol. The van der Waals surface area contributed by atoms with Crippen LogP contribution in [0.5, 0.6) is 0 Å². The predicted octanol–water partition coefficient (Wildman–Crippen LogP) is 8.87. The van der Waals surface area contributed by atoms with Gasteiger partial charge in [-0.15, -0.1) is 0 Å². The van der Waals surface area contributed by atoms with Gasteiger partial charge in [-0.05, 0) is 40.7 Å². The number of ether oxygens (including phenoxy) is 5. The fraction of sp³-hybridized carbons (Fsp3) is 0.302. The molecule has 8 nitrogen and oxygen atoms in total. The van der Waals surface area contributed by atoms with Crippen LogP contribution in [0.4, 0.5) is 0 Å². The largest absolute Gasteiger partial charge is 0.368 e. The van der Waals surface area contributed by atoms with E-state index >= 15 is 0 Å². The molecule has 5 aromatic rings. The molecule has 0 aromatic heterocycles. The van der Waals surface area contributed by atoms with Crippen LogP contribution in [0.1, 0.15) is 40.7 Å². The van der Waals surface area contributed by atoms with Gasteiger partial charge in [-0.3, -0.25) is 4.57 Å². The van der Waals surface area contributed by atoms with Crippen LogP contribution in [0.3, 0.4) is 0 Å². The first-order valence-electron chi connectivity index (χ1n) is 17.8. The van der Waals surface area contributed by atoms with Gasteiger partial charge in [-0.2, -0.15) is 0 Å². The van der Waals surface area contributed by atoms with Gasteiger partial charge in [0.15, 0.2) is 6.29 Å². The van der Waals surface area contributed by atoms with Gasteiger partial charge < -0.3 is 33.1 Å². The highest BCUT2D eigenvalue weighted by Gasteiger charge is 2.49. The van der Waals surface area contributed by atoms with Crippen molar-refractivity contribution in [2.45, 2.75) is 76.6 Å². The third-order valence-corrected chi connectivity index (χ3v) is 10.3. The lowest BCUT2D eigenvalue weighted by Crippen LogP contribution is -2.60. The summed E-state index contributed by atoms with van der Waals surface area (Å²) in [6.45, 7) is 1.30. The van der Waals surface area contributed by atoms with Gasteiger partial charge in [0.05, 0.1) is 45.3 Å². The van der Waals surface area contributed by atoms with E-state index in [4.69, 9.17) is 28.2 Å². The normalized spacial score (nSPS) is 21.4. The molecule has 0 radical (unpaired) electrons. The quantitative estimate of drug-likeness (QED) is 0.0846. The van der Waals surface area contributed by atoms with Gasteiger partial charge >= 0.3 is 7.60 Å². The van der Waals surface area contributed by atoms with Crippen molar-refractivity contribution in [3.05, 3.63) is 179 Å². The Morgan fingerprint density at radius 3 is 1.29 bits per heavy atom. The van der Waals surface area contributed by atoms with Crippen molar-refractivity contribution in [1.82, 2.24) is 0 Å². The zero-order chi connectivity index (χ0) is 35.9. The summed E-state index contributed by atoms with van der Waals surface area (Å²) in [5.74, 6) is 0. The van der Waals surface area contributed by atoms with Gasteiger partial charge in [-0.25, -0.2) is 0 Å². The molecule has 52 heavy (non-hydrogen) atoms. The maximum Gasteiger partial charge on any atom is 0.328 e. The van der Waals surface area contributed by atoms with Crippen LogP contribution >= 0.6 is 7.60 Å². The number of hydrogen-bond donors (Lipinski definition) is 1. The van der Waals surface area contributed by atoms with Crippen LogP contribution < -0.4 is 0 Å². The molecule has 0 spiro atoms. The Kier molecular flexibility index (Phi) is 14.4. The van der Waals surface area contributed by atoms with E-state index in [1.165, 1.54) is 0 Å². The van der Waals surface area contributed by atoms with Crippen molar-refractivity contribution >= 4 is 7.60 Å². The zero-order valence-corrected chi connectivity index (χ0v) is 30.1. The topological polar surface area (TPSA) is 92.7 Å². The van der Waals surface area contributed by atoms with Crippen LogP contribution in [-0.4, -0.2) is 41.8 Å². The van der Waals surface area contributed by atoms with Crippen molar-refractivity contribution in [2.24, 2.45) is 0 Å². The molecule has 6 atom stereocenters. The highest BCUT2D eigenvalue weighted by molar-refractivity contribution is 7.52. The molecular weight excluding hydrogens is 675 g/mol. The first-order valence-corrected chi connectivity index (χ1v) is 19.6. The Morgan fingerprint density at radius 2 is 0.846 bits per heavy atom. The third kappa shape index (κ3) is 11.8. The van der Waals surface area contributed by atoms with Gasteiger partial charge in [0.1, 0.15) is 18.3 Å². The molecule has 0 saturated carbocycles. The Balaban J connectivity index is 1.26. The number of rotatable bonds is 19. The summed E-state index contributed by atoms with van der Waals surface area (Å²) in [4.78, 5) is 10.8. The molecule has 6 rings (SSSR count). The summed E-state index contributed by atoms with van der Waals surface area (Å²) in [6, 6.07) is 49.2. The summed E-state index contributed by atoms with van der Waals surface area (Å²) in [6.07, 6.45) is -2.51. The number of benzene rings is 5. The average molecular weight is 723 g/mol. The molecule has 5 aromatic carbocycles. The fourth-order valence-corrected chi connectivity index (χ4v) is 7.23. The maximum absolute atomic E-state index is 13.1. The van der Waals surface area contributed by atoms with Gasteiger partial charge in [0.25, 0.3) is 0 Å². The predicted molar refractivity (Wildman–Crippen MR) is 200 cm³/mol. The second-order valence-corrected chi connectivity index (χ2v) is 14.9. The summed E-state index contributed by atoms with van der Waals surface area (Å²) in [5.41, 5.74) is 4.84. The number of hydrogen-bond acceptors (Lipinski definition) is 7. The fourth-order valence-electron chi connectivity index (χ4n) is 6.17. The van der Waals surface area contributed by atoms with Crippen molar-refractivity contribution < 1.29 is 37.7 Å². The average Bonchev–Trinajstić information content (AvgIpc) is 3.19. The SMILES string of the molecule is O=P(O)(CCC[C@H]1O[C@@H](OCc2ccccc2)[C@H](OCc2ccccc2)[C@@H](OCc2ccccc2)[C@@H]1OCc1ccccc1)OCc1ccccc1. The molecule has 1 saturated heterocycles. The molecular formula is C43H47O8P. The molecule has 1 unspecified atom stereocenters. The highest BCUT2D eigenvalue weighted by Crippen LogP contribution is 2.44. The second kappa shape index (κ2) is 19.8. The van der Waals surface area contributed by atoms with E-state index < -0.39 is 38.3 Å². The van der Waals surface area contributed by atoms with E-state index in [1.807, 2.05) is 152 Å². The Labute approximate surface area is 306 Å². The molecule has 272 valence electrons. The molecule has 9 heteroatoms. The lowest BCUT2D eigenvalue weighted by molar-refractivity contribution is -0.326. The van der Waals surface area contributed by atoms with Crippen LogP contribution in [0.2, 0.25) is 0 Å². The van der Waals surface area contributed by atoms with Crippen molar-refractivity contribution in [3.8, 4) is 0 Å². The zero-order valence-electron chi connectivity index (χ0n) is 29.2. The summed E-state index contributed by atoms with van der Waals surface area (Å²) >= 11 is 0. The van der Waals surface area contributed by atoms with Crippen molar-refractivity contribution in [2.75, 3.05) is 6.16 Å². The van der Waals surface area contributed by atoms with E-state index in [-0.39, 0.29) is 12.8 Å². The molecule has 0 bridgehead atoms. The van der Waals surface area contributed by atoms with Crippen molar-refractivity contribution in [1.29, 1.82) is 0 Å². The van der Waals surface area contributed by atoms with Gasteiger partial charge in [0, 0.05) is 0 Å². The van der Waals surface area contributed by atoms with E-state index in [1.54, 1.807) is 0 Å². The minimum Gasteiger partial charge on any atom is -0.368 e. The maximum atomic E-state index is 13.1. The van der Waals surface area contributed by atoms with Gasteiger partial charge in [-0.1, -0.05) is 152 Å². The van der Waals surface area contributed by atoms with Crippen molar-refractivity contribution in [3.63, 3.8) is 0 Å². The summed E-state index contributed by atoms with van der Waals surface area (Å²) < 4.78 is 52.1. The molecule has 1 heterocycles. The van der Waals surface area contributed by atoms with Crippen LogP contribution in [-0.2, 0) is 65.8 Å². The molecule has 0 amide bonds. The molecule has 0 aliphatic carbocycles. The minimum absolute atomic E-state index is 0.0376. The van der Waals surface area contributed by atoms with Crippen LogP contribution in [0, 0.1) is 0 Å². The standard InChI is InChI=1S/C43H47O8P/c44-52(45,50-33-38-25-14-5-15-26-38)28-16-27-39-40(46-29-34-17-6-1-7-18-34)41(47-30-35-19-8-2-9-20-35)42(48-31-36-21-10-3-11-22-36)43(51-39)49-32-37-23-12-4-13-24-37/h1-15,17-26,39-43H,16,27-33H2,(H,44,45)/t39-,40-,41+,42-,43-/m1/s1. The Morgan fingerprint density at radius 1 is 0.481 bits per heavy atom.